The van der Waals surface area contributed by atoms with E-state index in [4.69, 9.17) is 5.73 Å². The topological polar surface area (TPSA) is 166 Å². The van der Waals surface area contributed by atoms with E-state index in [9.17, 15) is 36.0 Å². The molecule has 0 spiro atoms. The summed E-state index contributed by atoms with van der Waals surface area (Å²) in [7, 11) is -7.11. The molecule has 1 aliphatic carbocycles. The fourth-order valence-corrected chi connectivity index (χ4v) is 6.41. The van der Waals surface area contributed by atoms with Gasteiger partial charge in [0.2, 0.25) is 0 Å². The average molecular weight is 615 g/mol. The molecule has 0 radical (unpaired) electrons. The van der Waals surface area contributed by atoms with Gasteiger partial charge in [-0.3, -0.25) is 19.2 Å². The lowest BCUT2D eigenvalue weighted by Gasteiger charge is -2.29. The number of rotatable bonds is 5. The summed E-state index contributed by atoms with van der Waals surface area (Å²) in [5.41, 5.74) is 6.87. The predicted octanol–water partition coefficient (Wildman–Crippen LogP) is 4.51. The third kappa shape index (κ3) is 4.96. The van der Waals surface area contributed by atoms with E-state index >= 15 is 0 Å². The van der Waals surface area contributed by atoms with Gasteiger partial charge in [0.05, 0.1) is 21.9 Å². The first-order chi connectivity index (χ1) is 20.3. The maximum Gasteiger partial charge on any atom is 0.265 e. The minimum atomic E-state index is -3.77. The highest BCUT2D eigenvalue weighted by Gasteiger charge is 2.38. The van der Waals surface area contributed by atoms with Crippen LogP contribution in [0, 0.1) is 0 Å². The van der Waals surface area contributed by atoms with Crippen LogP contribution in [0.25, 0.3) is 10.8 Å². The van der Waals surface area contributed by atoms with Crippen LogP contribution in [0.15, 0.2) is 107 Å². The summed E-state index contributed by atoms with van der Waals surface area (Å²) in [6.07, 6.45) is -0.251. The number of nitrogens with zero attached hydrogens (tertiary/aromatic N) is 1. The van der Waals surface area contributed by atoms with Gasteiger partial charge in [-0.1, -0.05) is 25.3 Å². The lowest BCUT2D eigenvalue weighted by Crippen LogP contribution is -2.41. The minimum absolute atomic E-state index is 0.0872. The standard InChI is InChI=1S/C23H13NO6S.C8H9NO2S/c1-2-31(29,30)13-5-3-4-12(10-13)24-22(27)16-8-6-14-18(25)11-19(26)15-7-9-17(23(24)28)21(16)20(14)15;1-2-12(10,11)8-5-3-4-7(9)6-8/h2-10H,1,11H2;2-6H,1,9H2. The third-order valence-electron chi connectivity index (χ3n) is 6.98. The molecule has 2 aliphatic rings. The number of benzene rings is 4. The molecule has 0 saturated carbocycles. The van der Waals surface area contributed by atoms with Crippen LogP contribution in [0.1, 0.15) is 47.9 Å². The van der Waals surface area contributed by atoms with Gasteiger partial charge in [0.25, 0.3) is 11.8 Å². The van der Waals surface area contributed by atoms with Gasteiger partial charge in [0, 0.05) is 49.5 Å². The maximum absolute atomic E-state index is 13.3. The summed E-state index contributed by atoms with van der Waals surface area (Å²) in [6, 6.07) is 17.5. The van der Waals surface area contributed by atoms with Crippen molar-refractivity contribution in [1.29, 1.82) is 0 Å². The third-order valence-corrected chi connectivity index (χ3v) is 9.68. The quantitative estimate of drug-likeness (QED) is 0.193. The van der Waals surface area contributed by atoms with E-state index in [2.05, 4.69) is 13.2 Å². The molecule has 0 fully saturated rings. The van der Waals surface area contributed by atoms with E-state index < -0.39 is 31.5 Å². The fourth-order valence-electron chi connectivity index (χ4n) is 4.90. The molecule has 2 amide bonds. The molecule has 216 valence electrons. The van der Waals surface area contributed by atoms with Crippen LogP contribution in [-0.2, 0) is 19.7 Å². The van der Waals surface area contributed by atoms with Crippen molar-refractivity contribution < 1.29 is 36.0 Å². The normalized spacial score (nSPS) is 14.3. The number of Topliss-reactive ketones (excluding diaryl/α,β-unsaturated/α-hetero) is 2. The maximum atomic E-state index is 13.3. The number of imide groups is 1. The Hall–Kier alpha value is -5.20. The van der Waals surface area contributed by atoms with Gasteiger partial charge >= 0.3 is 0 Å². The molecule has 0 aromatic heterocycles. The summed E-state index contributed by atoms with van der Waals surface area (Å²) in [5, 5.41) is 2.29. The van der Waals surface area contributed by atoms with Crippen LogP contribution in [0.3, 0.4) is 0 Å². The fraction of sp³-hybridized carbons (Fsp3) is 0.0323. The molecule has 4 aromatic rings. The lowest BCUT2D eigenvalue weighted by molar-refractivity contribution is 0.0871. The molecule has 0 saturated heterocycles. The number of hydrogen-bond donors (Lipinski definition) is 1. The molecular formula is C31H22N2O8S2. The van der Waals surface area contributed by atoms with Crippen LogP contribution in [0.4, 0.5) is 11.4 Å². The summed E-state index contributed by atoms with van der Waals surface area (Å²) in [6.45, 7) is 6.50. The Morgan fingerprint density at radius 2 is 1.07 bits per heavy atom. The molecule has 2 N–H and O–H groups in total. The van der Waals surface area contributed by atoms with Crippen LogP contribution in [0.5, 0.6) is 0 Å². The predicted molar refractivity (Wildman–Crippen MR) is 160 cm³/mol. The van der Waals surface area contributed by atoms with Crippen LogP contribution in [-0.4, -0.2) is 40.2 Å². The molecule has 1 heterocycles. The van der Waals surface area contributed by atoms with E-state index in [0.29, 0.717) is 22.2 Å². The summed E-state index contributed by atoms with van der Waals surface area (Å²) < 4.78 is 46.7. The van der Waals surface area contributed by atoms with Gasteiger partial charge < -0.3 is 5.73 Å². The van der Waals surface area contributed by atoms with Crippen LogP contribution >= 0.6 is 0 Å². The van der Waals surface area contributed by atoms with Crippen molar-refractivity contribution in [3.63, 3.8) is 0 Å². The zero-order valence-electron chi connectivity index (χ0n) is 22.3. The van der Waals surface area contributed by atoms with Crippen molar-refractivity contribution in [3.05, 3.63) is 119 Å². The Morgan fingerprint density at radius 1 is 0.628 bits per heavy atom. The molecule has 10 nitrogen and oxygen atoms in total. The first-order valence-electron chi connectivity index (χ1n) is 12.6. The Balaban J connectivity index is 0.000000259. The van der Waals surface area contributed by atoms with Gasteiger partial charge in [0.1, 0.15) is 0 Å². The van der Waals surface area contributed by atoms with E-state index in [1.54, 1.807) is 12.1 Å². The van der Waals surface area contributed by atoms with E-state index in [-0.39, 0.29) is 50.0 Å². The number of ketones is 2. The molecule has 12 heteroatoms. The number of anilines is 2. The minimum Gasteiger partial charge on any atom is -0.399 e. The molecule has 4 aromatic carbocycles. The zero-order valence-corrected chi connectivity index (χ0v) is 23.9. The Labute approximate surface area is 246 Å². The van der Waals surface area contributed by atoms with Gasteiger partial charge in [0.15, 0.2) is 31.2 Å². The number of amides is 2. The summed E-state index contributed by atoms with van der Waals surface area (Å²) in [4.78, 5) is 52.3. The van der Waals surface area contributed by atoms with Crippen molar-refractivity contribution in [2.24, 2.45) is 0 Å². The van der Waals surface area contributed by atoms with E-state index in [1.807, 2.05) is 0 Å². The van der Waals surface area contributed by atoms with Crippen LogP contribution in [0.2, 0.25) is 0 Å². The van der Waals surface area contributed by atoms with Crippen molar-refractivity contribution >= 4 is 65.2 Å². The molecule has 0 bridgehead atoms. The Bertz CT molecular complexity index is 2100. The van der Waals surface area contributed by atoms with Gasteiger partial charge in [-0.25, -0.2) is 21.7 Å². The number of carbonyl (C=O) groups is 4. The Kier molecular flexibility index (Phi) is 7.20. The second-order valence-electron chi connectivity index (χ2n) is 9.53. The number of sulfone groups is 2. The second kappa shape index (κ2) is 10.6. The largest absolute Gasteiger partial charge is 0.399 e. The van der Waals surface area contributed by atoms with E-state index in [0.717, 1.165) is 15.7 Å². The second-order valence-corrected chi connectivity index (χ2v) is 13.3. The van der Waals surface area contributed by atoms with Crippen molar-refractivity contribution in [2.45, 2.75) is 16.2 Å². The number of nitrogens with two attached hydrogens (primary N) is 1. The van der Waals surface area contributed by atoms with Crippen molar-refractivity contribution in [1.82, 2.24) is 0 Å². The van der Waals surface area contributed by atoms with Crippen molar-refractivity contribution in [3.8, 4) is 0 Å². The van der Waals surface area contributed by atoms with Gasteiger partial charge in [-0.05, 0) is 60.7 Å². The highest BCUT2D eigenvalue weighted by molar-refractivity contribution is 7.94. The van der Waals surface area contributed by atoms with E-state index in [1.165, 1.54) is 60.7 Å². The number of carbonyl (C=O) groups excluding carboxylic acids is 4. The zero-order chi connectivity index (χ0) is 31.3. The van der Waals surface area contributed by atoms with Gasteiger partial charge in [-0.2, -0.15) is 0 Å². The molecule has 0 unspecified atom stereocenters. The number of nitrogen functional groups attached to an aromatic ring is 1. The lowest BCUT2D eigenvalue weighted by atomic mass is 9.82. The molecule has 0 atom stereocenters. The first kappa shape index (κ1) is 29.3. The smallest absolute Gasteiger partial charge is 0.265 e. The van der Waals surface area contributed by atoms with Gasteiger partial charge in [-0.15, -0.1) is 0 Å². The molecule has 43 heavy (non-hydrogen) atoms. The first-order valence-corrected chi connectivity index (χ1v) is 15.7. The molecule has 1 aliphatic heterocycles. The SMILES string of the molecule is C=CS(=O)(=O)c1cccc(N)c1.C=CS(=O)(=O)c1cccc(N2C(=O)c3ccc4c5c(ccc(c35)C2=O)C(=O)CC4=O)c1. The molecule has 6 rings (SSSR count). The monoisotopic (exact) mass is 614 g/mol. The summed E-state index contributed by atoms with van der Waals surface area (Å²) >= 11 is 0. The highest BCUT2D eigenvalue weighted by atomic mass is 32.2. The van der Waals surface area contributed by atoms with Crippen molar-refractivity contribution in [2.75, 3.05) is 10.6 Å². The average Bonchev–Trinajstić information content (AvgIpc) is 2.99. The molecular weight excluding hydrogens is 592 g/mol. The number of hydrogen-bond acceptors (Lipinski definition) is 9. The Morgan fingerprint density at radius 3 is 1.56 bits per heavy atom. The summed E-state index contributed by atoms with van der Waals surface area (Å²) in [5.74, 6) is -2.05. The highest BCUT2D eigenvalue weighted by Crippen LogP contribution is 2.39. The van der Waals surface area contributed by atoms with Crippen LogP contribution < -0.4 is 10.6 Å².